The molecule has 0 aliphatic carbocycles. The molecular formula is C14H12Cl2N4O. The highest BCUT2D eigenvalue weighted by Gasteiger charge is 2.13. The minimum Gasteiger partial charge on any atom is -0.459 e. The molecule has 0 fully saturated rings. The Kier molecular flexibility index (Phi) is 3.61. The zero-order valence-electron chi connectivity index (χ0n) is 11.1. The van der Waals surface area contributed by atoms with E-state index < -0.39 is 0 Å². The van der Waals surface area contributed by atoms with Crippen molar-refractivity contribution in [2.24, 2.45) is 0 Å². The molecule has 1 atom stereocenters. The van der Waals surface area contributed by atoms with E-state index in [0.29, 0.717) is 10.8 Å². The van der Waals surface area contributed by atoms with Crippen molar-refractivity contribution in [1.29, 1.82) is 0 Å². The van der Waals surface area contributed by atoms with Crippen molar-refractivity contribution in [2.45, 2.75) is 13.0 Å². The van der Waals surface area contributed by atoms with Crippen LogP contribution >= 0.6 is 23.2 Å². The van der Waals surface area contributed by atoms with E-state index >= 15 is 0 Å². The predicted molar refractivity (Wildman–Crippen MR) is 84.7 cm³/mol. The van der Waals surface area contributed by atoms with Gasteiger partial charge in [-0.15, -0.1) is 0 Å². The van der Waals surface area contributed by atoms with Gasteiger partial charge in [0.25, 0.3) is 0 Å². The van der Waals surface area contributed by atoms with Crippen LogP contribution in [0.2, 0.25) is 10.2 Å². The van der Waals surface area contributed by atoms with Crippen LogP contribution in [0.15, 0.2) is 34.7 Å². The van der Waals surface area contributed by atoms with E-state index in [0.717, 1.165) is 16.7 Å². The van der Waals surface area contributed by atoms with Gasteiger partial charge < -0.3 is 15.5 Å². The van der Waals surface area contributed by atoms with Crippen molar-refractivity contribution in [3.05, 3.63) is 46.3 Å². The average molecular weight is 323 g/mol. The summed E-state index contributed by atoms with van der Waals surface area (Å²) in [5, 5.41) is 5.08. The standard InChI is InChI=1S/C14H12Cl2N4O/c1-7(18-13-6-12(16)19-14(17)20-13)11-5-8-4-9(15)2-3-10(8)21-11/h2-7H,1H3,(H3,17,18,19,20). The normalized spacial score (nSPS) is 12.5. The molecule has 0 bridgehead atoms. The highest BCUT2D eigenvalue weighted by molar-refractivity contribution is 6.31. The third-order valence-electron chi connectivity index (χ3n) is 3.00. The van der Waals surface area contributed by atoms with Gasteiger partial charge in [0.2, 0.25) is 5.95 Å². The predicted octanol–water partition coefficient (Wildman–Crippen LogP) is 4.28. The Morgan fingerprint density at radius 2 is 2.00 bits per heavy atom. The van der Waals surface area contributed by atoms with Gasteiger partial charge in [-0.1, -0.05) is 23.2 Å². The molecule has 1 aromatic carbocycles. The van der Waals surface area contributed by atoms with E-state index in [1.807, 2.05) is 25.1 Å². The molecule has 0 saturated heterocycles. The van der Waals surface area contributed by atoms with Gasteiger partial charge >= 0.3 is 0 Å². The highest BCUT2D eigenvalue weighted by atomic mass is 35.5. The number of furan rings is 1. The summed E-state index contributed by atoms with van der Waals surface area (Å²) >= 11 is 11.8. The summed E-state index contributed by atoms with van der Waals surface area (Å²) in [7, 11) is 0. The van der Waals surface area contributed by atoms with Crippen molar-refractivity contribution in [3.8, 4) is 0 Å². The largest absolute Gasteiger partial charge is 0.459 e. The number of rotatable bonds is 3. The quantitative estimate of drug-likeness (QED) is 0.703. The first-order chi connectivity index (χ1) is 10.0. The number of nitrogens with one attached hydrogen (secondary N) is 1. The maximum Gasteiger partial charge on any atom is 0.223 e. The maximum atomic E-state index is 5.97. The van der Waals surface area contributed by atoms with Gasteiger partial charge in [-0.05, 0) is 31.2 Å². The fraction of sp³-hybridized carbons (Fsp3) is 0.143. The van der Waals surface area contributed by atoms with Gasteiger partial charge in [0.05, 0.1) is 6.04 Å². The van der Waals surface area contributed by atoms with E-state index in [2.05, 4.69) is 15.3 Å². The van der Waals surface area contributed by atoms with Crippen molar-refractivity contribution in [1.82, 2.24) is 9.97 Å². The minimum absolute atomic E-state index is 0.110. The Morgan fingerprint density at radius 3 is 2.76 bits per heavy atom. The van der Waals surface area contributed by atoms with Crippen molar-refractivity contribution < 1.29 is 4.42 Å². The molecule has 0 amide bonds. The van der Waals surface area contributed by atoms with E-state index in [1.165, 1.54) is 0 Å². The number of nitrogen functional groups attached to an aromatic ring is 1. The number of anilines is 2. The molecule has 108 valence electrons. The topological polar surface area (TPSA) is 77.0 Å². The van der Waals surface area contributed by atoms with Gasteiger partial charge in [0, 0.05) is 16.5 Å². The second-order valence-electron chi connectivity index (χ2n) is 4.63. The molecule has 3 rings (SSSR count). The zero-order chi connectivity index (χ0) is 15.0. The van der Waals surface area contributed by atoms with Gasteiger partial charge in [-0.2, -0.15) is 4.98 Å². The van der Waals surface area contributed by atoms with Gasteiger partial charge in [-0.3, -0.25) is 0 Å². The fourth-order valence-corrected chi connectivity index (χ4v) is 2.42. The molecule has 1 unspecified atom stereocenters. The lowest BCUT2D eigenvalue weighted by molar-refractivity contribution is 0.525. The lowest BCUT2D eigenvalue weighted by atomic mass is 10.2. The fourth-order valence-electron chi connectivity index (χ4n) is 2.05. The second kappa shape index (κ2) is 5.42. The SMILES string of the molecule is CC(Nc1cc(Cl)nc(N)n1)c1cc2cc(Cl)ccc2o1. The van der Waals surface area contributed by atoms with E-state index in [-0.39, 0.29) is 17.1 Å². The van der Waals surface area contributed by atoms with Crippen molar-refractivity contribution in [2.75, 3.05) is 11.1 Å². The second-order valence-corrected chi connectivity index (χ2v) is 5.45. The molecular weight excluding hydrogens is 311 g/mol. The van der Waals surface area contributed by atoms with Gasteiger partial charge in [-0.25, -0.2) is 4.98 Å². The number of nitrogens with two attached hydrogens (primary N) is 1. The number of fused-ring (bicyclic) bond motifs is 1. The van der Waals surface area contributed by atoms with Crippen LogP contribution in [0, 0.1) is 0 Å². The number of halogens is 2. The number of hydrogen-bond acceptors (Lipinski definition) is 5. The summed E-state index contributed by atoms with van der Waals surface area (Å²) in [5.74, 6) is 1.42. The number of benzene rings is 1. The van der Waals surface area contributed by atoms with Gasteiger partial charge in [0.1, 0.15) is 22.3 Å². The molecule has 3 N–H and O–H groups in total. The molecule has 0 spiro atoms. The van der Waals surface area contributed by atoms with E-state index in [1.54, 1.807) is 12.1 Å². The Labute approximate surface area is 131 Å². The van der Waals surface area contributed by atoms with Gasteiger partial charge in [0.15, 0.2) is 0 Å². The first-order valence-electron chi connectivity index (χ1n) is 6.27. The highest BCUT2D eigenvalue weighted by Crippen LogP contribution is 2.28. The van der Waals surface area contributed by atoms with Crippen molar-refractivity contribution >= 4 is 45.9 Å². The molecule has 0 radical (unpaired) electrons. The molecule has 0 aliphatic rings. The first-order valence-corrected chi connectivity index (χ1v) is 7.02. The number of hydrogen-bond donors (Lipinski definition) is 2. The minimum atomic E-state index is -0.110. The lowest BCUT2D eigenvalue weighted by Crippen LogP contribution is -2.08. The molecule has 7 heteroatoms. The van der Waals surface area contributed by atoms with E-state index in [9.17, 15) is 0 Å². The maximum absolute atomic E-state index is 5.97. The summed E-state index contributed by atoms with van der Waals surface area (Å²) in [6, 6.07) is 8.92. The van der Waals surface area contributed by atoms with Crippen LogP contribution in [0.3, 0.4) is 0 Å². The molecule has 3 aromatic rings. The van der Waals surface area contributed by atoms with E-state index in [4.69, 9.17) is 33.4 Å². The van der Waals surface area contributed by atoms with Crippen LogP contribution in [-0.2, 0) is 0 Å². The van der Waals surface area contributed by atoms with Crippen LogP contribution in [0.4, 0.5) is 11.8 Å². The number of nitrogens with zero attached hydrogens (tertiary/aromatic N) is 2. The molecule has 2 heterocycles. The third-order valence-corrected chi connectivity index (χ3v) is 3.43. The van der Waals surface area contributed by atoms with Crippen LogP contribution in [0.1, 0.15) is 18.7 Å². The summed E-state index contributed by atoms with van der Waals surface area (Å²) in [4.78, 5) is 7.89. The van der Waals surface area contributed by atoms with Crippen LogP contribution in [-0.4, -0.2) is 9.97 Å². The Hall–Kier alpha value is -1.98. The molecule has 5 nitrogen and oxygen atoms in total. The number of aromatic nitrogens is 2. The average Bonchev–Trinajstić information content (AvgIpc) is 2.80. The summed E-state index contributed by atoms with van der Waals surface area (Å²) in [6.45, 7) is 1.95. The smallest absolute Gasteiger partial charge is 0.223 e. The third kappa shape index (κ3) is 3.04. The molecule has 21 heavy (non-hydrogen) atoms. The molecule has 0 saturated carbocycles. The summed E-state index contributed by atoms with van der Waals surface area (Å²) in [5.41, 5.74) is 6.35. The van der Waals surface area contributed by atoms with Crippen LogP contribution < -0.4 is 11.1 Å². The van der Waals surface area contributed by atoms with Crippen LogP contribution in [0.25, 0.3) is 11.0 Å². The molecule has 0 aliphatic heterocycles. The summed E-state index contributed by atoms with van der Waals surface area (Å²) in [6.07, 6.45) is 0. The Morgan fingerprint density at radius 1 is 1.19 bits per heavy atom. The Balaban J connectivity index is 1.87. The summed E-state index contributed by atoms with van der Waals surface area (Å²) < 4.78 is 5.79. The Bertz CT molecular complexity index is 783. The zero-order valence-corrected chi connectivity index (χ0v) is 12.6. The van der Waals surface area contributed by atoms with Crippen LogP contribution in [0.5, 0.6) is 0 Å². The van der Waals surface area contributed by atoms with Crippen molar-refractivity contribution in [3.63, 3.8) is 0 Å². The molecule has 2 aromatic heterocycles. The first kappa shape index (κ1) is 14.0. The lowest BCUT2D eigenvalue weighted by Gasteiger charge is -2.12. The monoisotopic (exact) mass is 322 g/mol.